The van der Waals surface area contributed by atoms with Crippen LogP contribution in [0.4, 0.5) is 14.5 Å². The molecule has 0 fully saturated rings. The number of ether oxygens (including phenoxy) is 1. The van der Waals surface area contributed by atoms with Gasteiger partial charge in [-0.1, -0.05) is 6.92 Å². The molecule has 2 heterocycles. The lowest BCUT2D eigenvalue weighted by molar-refractivity contribution is -0.115. The normalized spacial score (nSPS) is 10.7. The number of pyridine rings is 1. The fraction of sp³-hybridized carbons (Fsp3) is 0.154. The van der Waals surface area contributed by atoms with E-state index in [1.807, 2.05) is 0 Å². The van der Waals surface area contributed by atoms with Crippen LogP contribution in [0.1, 0.15) is 24.9 Å². The number of carbonyl (C=O) groups is 1. The number of anilines is 1. The van der Waals surface area contributed by atoms with E-state index in [-0.39, 0.29) is 36.3 Å². The van der Waals surface area contributed by atoms with Gasteiger partial charge in [0.15, 0.2) is 0 Å². The number of nitrogens with zero attached hydrogens (tertiary/aromatic N) is 3. The predicted octanol–water partition coefficient (Wildman–Crippen LogP) is 5.08. The van der Waals surface area contributed by atoms with E-state index in [1.54, 1.807) is 38.1 Å². The van der Waals surface area contributed by atoms with Crippen LogP contribution in [0.2, 0.25) is 0 Å². The highest BCUT2D eigenvalue weighted by molar-refractivity contribution is 5.90. The molecular formula is C26H22F2N4O3. The lowest BCUT2D eigenvalue weighted by Crippen LogP contribution is -2.27. The first-order valence-corrected chi connectivity index (χ1v) is 10.9. The Morgan fingerprint density at radius 2 is 1.63 bits per heavy atom. The number of amides is 1. The summed E-state index contributed by atoms with van der Waals surface area (Å²) >= 11 is 0. The van der Waals surface area contributed by atoms with Crippen molar-refractivity contribution in [3.8, 4) is 22.9 Å². The van der Waals surface area contributed by atoms with Crippen LogP contribution in [-0.2, 0) is 11.3 Å². The second-order valence-electron chi connectivity index (χ2n) is 7.73. The summed E-state index contributed by atoms with van der Waals surface area (Å²) in [5, 5.41) is 2.61. The number of benzene rings is 2. The molecule has 9 heteroatoms. The minimum atomic E-state index is -0.439. The fourth-order valence-electron chi connectivity index (χ4n) is 3.46. The third kappa shape index (κ3) is 5.75. The smallest absolute Gasteiger partial charge is 0.275 e. The molecular weight excluding hydrogens is 454 g/mol. The average molecular weight is 476 g/mol. The van der Waals surface area contributed by atoms with E-state index in [2.05, 4.69) is 15.3 Å². The van der Waals surface area contributed by atoms with Gasteiger partial charge in [0.25, 0.3) is 5.56 Å². The molecule has 2 aromatic carbocycles. The van der Waals surface area contributed by atoms with Gasteiger partial charge >= 0.3 is 0 Å². The molecule has 0 radical (unpaired) electrons. The van der Waals surface area contributed by atoms with Gasteiger partial charge in [0.2, 0.25) is 11.8 Å². The quantitative estimate of drug-likeness (QED) is 0.402. The Morgan fingerprint density at radius 1 is 0.971 bits per heavy atom. The summed E-state index contributed by atoms with van der Waals surface area (Å²) in [5.74, 6) is -0.0551. The average Bonchev–Trinajstić information content (AvgIpc) is 2.83. The molecule has 0 aliphatic heterocycles. The van der Waals surface area contributed by atoms with Crippen molar-refractivity contribution in [2.24, 2.45) is 0 Å². The molecule has 4 rings (SSSR count). The Hall–Kier alpha value is -4.40. The van der Waals surface area contributed by atoms with Crippen molar-refractivity contribution in [2.75, 3.05) is 5.32 Å². The van der Waals surface area contributed by atoms with Crippen LogP contribution in [0.5, 0.6) is 11.6 Å². The molecule has 0 atom stereocenters. The monoisotopic (exact) mass is 476 g/mol. The highest BCUT2D eigenvalue weighted by Crippen LogP contribution is 2.23. The van der Waals surface area contributed by atoms with Gasteiger partial charge in [0.05, 0.1) is 17.9 Å². The molecule has 0 bridgehead atoms. The lowest BCUT2D eigenvalue weighted by Gasteiger charge is -2.16. The molecule has 0 spiro atoms. The zero-order valence-electron chi connectivity index (χ0n) is 19.1. The summed E-state index contributed by atoms with van der Waals surface area (Å²) in [7, 11) is 0. The molecule has 2 aromatic heterocycles. The van der Waals surface area contributed by atoms with Crippen LogP contribution < -0.4 is 15.6 Å². The third-order valence-electron chi connectivity index (χ3n) is 5.13. The summed E-state index contributed by atoms with van der Waals surface area (Å²) in [4.78, 5) is 33.9. The zero-order valence-corrected chi connectivity index (χ0v) is 19.1. The van der Waals surface area contributed by atoms with Gasteiger partial charge in [0.1, 0.15) is 28.9 Å². The van der Waals surface area contributed by atoms with Crippen molar-refractivity contribution in [1.82, 2.24) is 14.5 Å². The Balaban J connectivity index is 1.75. The molecule has 178 valence electrons. The highest BCUT2D eigenvalue weighted by Gasteiger charge is 2.15. The van der Waals surface area contributed by atoms with Crippen LogP contribution in [0.15, 0.2) is 71.5 Å². The third-order valence-corrected chi connectivity index (χ3v) is 5.13. The van der Waals surface area contributed by atoms with Gasteiger partial charge in [-0.2, -0.15) is 4.98 Å². The molecule has 0 aliphatic carbocycles. The van der Waals surface area contributed by atoms with E-state index in [1.165, 1.54) is 47.0 Å². The Kier molecular flexibility index (Phi) is 6.96. The second-order valence-corrected chi connectivity index (χ2v) is 7.73. The zero-order chi connectivity index (χ0) is 24.9. The van der Waals surface area contributed by atoms with Gasteiger partial charge in [-0.05, 0) is 73.2 Å². The topological polar surface area (TPSA) is 86.1 Å². The molecule has 1 N–H and O–H groups in total. The van der Waals surface area contributed by atoms with Crippen molar-refractivity contribution in [3.63, 3.8) is 0 Å². The Morgan fingerprint density at radius 3 is 2.29 bits per heavy atom. The van der Waals surface area contributed by atoms with Crippen molar-refractivity contribution in [1.29, 1.82) is 0 Å². The maximum Gasteiger partial charge on any atom is 0.275 e. The molecule has 0 unspecified atom stereocenters. The van der Waals surface area contributed by atoms with E-state index in [9.17, 15) is 18.4 Å². The molecule has 7 nitrogen and oxygen atoms in total. The first kappa shape index (κ1) is 23.7. The van der Waals surface area contributed by atoms with Crippen LogP contribution >= 0.6 is 0 Å². The summed E-state index contributed by atoms with van der Waals surface area (Å²) in [6, 6.07) is 16.0. The van der Waals surface area contributed by atoms with Crippen LogP contribution in [-0.4, -0.2) is 20.4 Å². The first-order chi connectivity index (χ1) is 16.8. The number of aromatic nitrogens is 3. The minimum Gasteiger partial charge on any atom is -0.439 e. The number of rotatable bonds is 7. The number of carbonyl (C=O) groups excluding carboxylic acids is 1. The summed E-state index contributed by atoms with van der Waals surface area (Å²) in [5.41, 5.74) is 1.29. The number of aryl methyl sites for hydroxylation is 1. The van der Waals surface area contributed by atoms with Gasteiger partial charge in [-0.25, -0.2) is 13.8 Å². The molecule has 35 heavy (non-hydrogen) atoms. The second kappa shape index (κ2) is 10.3. The van der Waals surface area contributed by atoms with Crippen molar-refractivity contribution in [2.45, 2.75) is 26.8 Å². The van der Waals surface area contributed by atoms with E-state index < -0.39 is 11.4 Å². The van der Waals surface area contributed by atoms with Crippen LogP contribution in [0.25, 0.3) is 11.3 Å². The van der Waals surface area contributed by atoms with Crippen LogP contribution in [0.3, 0.4) is 0 Å². The summed E-state index contributed by atoms with van der Waals surface area (Å²) in [6.45, 7) is 3.40. The van der Waals surface area contributed by atoms with Gasteiger partial charge in [-0.15, -0.1) is 0 Å². The summed E-state index contributed by atoms with van der Waals surface area (Å²) < 4.78 is 33.9. The van der Waals surface area contributed by atoms with Crippen molar-refractivity contribution < 1.29 is 18.3 Å². The Labute approximate surface area is 200 Å². The number of nitrogens with one attached hydrogen (secondary N) is 1. The van der Waals surface area contributed by atoms with E-state index >= 15 is 0 Å². The largest absolute Gasteiger partial charge is 0.439 e. The van der Waals surface area contributed by atoms with Gasteiger partial charge in [0, 0.05) is 12.5 Å². The van der Waals surface area contributed by atoms with Crippen LogP contribution in [0, 0.1) is 18.6 Å². The molecule has 0 aliphatic rings. The minimum absolute atomic E-state index is 0.0323. The molecule has 0 saturated heterocycles. The fourth-order valence-corrected chi connectivity index (χ4v) is 3.46. The van der Waals surface area contributed by atoms with Gasteiger partial charge in [-0.3, -0.25) is 9.59 Å². The van der Waals surface area contributed by atoms with Crippen molar-refractivity contribution >= 4 is 11.6 Å². The maximum atomic E-state index is 13.5. The number of hydrogen-bond acceptors (Lipinski definition) is 5. The Bertz CT molecular complexity index is 1420. The number of hydrogen-bond donors (Lipinski definition) is 1. The SMILES string of the molecule is CCC(=O)Nc1ccc(-c2ccc(F)cc2)n(Cc2cc(Oc3ccc(F)cc3)nc(C)n2)c1=O. The van der Waals surface area contributed by atoms with Gasteiger partial charge < -0.3 is 14.6 Å². The van der Waals surface area contributed by atoms with E-state index in [0.717, 1.165) is 0 Å². The molecule has 1 amide bonds. The first-order valence-electron chi connectivity index (χ1n) is 10.9. The molecule has 4 aromatic rings. The van der Waals surface area contributed by atoms with E-state index in [4.69, 9.17) is 4.74 Å². The van der Waals surface area contributed by atoms with E-state index in [0.29, 0.717) is 28.5 Å². The lowest BCUT2D eigenvalue weighted by atomic mass is 10.1. The number of halogens is 2. The van der Waals surface area contributed by atoms with Crippen molar-refractivity contribution in [3.05, 3.63) is 100 Å². The summed E-state index contributed by atoms with van der Waals surface area (Å²) in [6.07, 6.45) is 0.217. The predicted molar refractivity (Wildman–Crippen MR) is 127 cm³/mol. The highest BCUT2D eigenvalue weighted by atomic mass is 19.1. The maximum absolute atomic E-state index is 13.5. The standard InChI is InChI=1S/C26H22F2N4O3/c1-3-24(33)31-22-12-13-23(17-4-6-18(27)7-5-17)32(26(22)34)15-20-14-25(30-16(2)29-20)35-21-10-8-19(28)9-11-21/h4-14H,3,15H2,1-2H3,(H,31,33). The molecule has 0 saturated carbocycles.